The minimum atomic E-state index is -4.01. The molecule has 0 amide bonds. The van der Waals surface area contributed by atoms with E-state index in [0.29, 0.717) is 17.4 Å². The lowest BCUT2D eigenvalue weighted by Crippen LogP contribution is -2.23. The summed E-state index contributed by atoms with van der Waals surface area (Å²) in [7, 11) is -2.55. The molecule has 0 aromatic heterocycles. The molecular formula is C14H13F2NO3S. The van der Waals surface area contributed by atoms with Gasteiger partial charge in [0.05, 0.1) is 12.0 Å². The van der Waals surface area contributed by atoms with Crippen molar-refractivity contribution in [2.24, 2.45) is 0 Å². The van der Waals surface area contributed by atoms with Crippen molar-refractivity contribution >= 4 is 10.0 Å². The van der Waals surface area contributed by atoms with Gasteiger partial charge in [0.1, 0.15) is 17.4 Å². The first kappa shape index (κ1) is 15.4. The fourth-order valence-electron chi connectivity index (χ4n) is 1.79. The van der Waals surface area contributed by atoms with Crippen molar-refractivity contribution in [3.8, 4) is 5.75 Å². The largest absolute Gasteiger partial charge is 0.496 e. The molecule has 0 bridgehead atoms. The van der Waals surface area contributed by atoms with E-state index in [0.717, 1.165) is 12.1 Å². The lowest BCUT2D eigenvalue weighted by Gasteiger charge is -2.10. The van der Waals surface area contributed by atoms with E-state index < -0.39 is 26.6 Å². The maximum Gasteiger partial charge on any atom is 0.241 e. The molecule has 0 saturated carbocycles. The van der Waals surface area contributed by atoms with Crippen LogP contribution in [0.3, 0.4) is 0 Å². The topological polar surface area (TPSA) is 55.4 Å². The van der Waals surface area contributed by atoms with Crippen molar-refractivity contribution in [2.45, 2.75) is 11.4 Å². The number of sulfonamides is 1. The molecule has 0 unspecified atom stereocenters. The summed E-state index contributed by atoms with van der Waals surface area (Å²) in [6, 6.07) is 8.98. The molecule has 7 heteroatoms. The van der Waals surface area contributed by atoms with Crippen molar-refractivity contribution in [3.05, 3.63) is 59.7 Å². The van der Waals surface area contributed by atoms with Crippen LogP contribution in [0, 0.1) is 11.6 Å². The number of methoxy groups -OCH3 is 1. The van der Waals surface area contributed by atoms with Gasteiger partial charge in [0.25, 0.3) is 0 Å². The Morgan fingerprint density at radius 2 is 1.71 bits per heavy atom. The maximum atomic E-state index is 13.1. The number of benzene rings is 2. The van der Waals surface area contributed by atoms with Crippen LogP contribution in [0.5, 0.6) is 5.75 Å². The van der Waals surface area contributed by atoms with Crippen LogP contribution in [0.2, 0.25) is 0 Å². The molecule has 0 aliphatic rings. The molecule has 4 nitrogen and oxygen atoms in total. The Morgan fingerprint density at radius 3 is 2.33 bits per heavy atom. The van der Waals surface area contributed by atoms with Gasteiger partial charge in [-0.25, -0.2) is 21.9 Å². The lowest BCUT2D eigenvalue weighted by atomic mass is 10.2. The second-order valence-corrected chi connectivity index (χ2v) is 6.01. The molecular weight excluding hydrogens is 300 g/mol. The zero-order chi connectivity index (χ0) is 15.5. The number of nitrogens with one attached hydrogen (secondary N) is 1. The zero-order valence-corrected chi connectivity index (χ0v) is 12.0. The SMILES string of the molecule is COc1ccccc1CNS(=O)(=O)c1cc(F)cc(F)c1. The average molecular weight is 313 g/mol. The standard InChI is InChI=1S/C14H13F2NO3S/c1-20-14-5-3-2-4-10(14)9-17-21(18,19)13-7-11(15)6-12(16)8-13/h2-8,17H,9H2,1H3. The minimum absolute atomic E-state index is 0.0511. The van der Waals surface area contributed by atoms with E-state index >= 15 is 0 Å². The van der Waals surface area contributed by atoms with Crippen LogP contribution in [0.4, 0.5) is 8.78 Å². The molecule has 21 heavy (non-hydrogen) atoms. The fraction of sp³-hybridized carbons (Fsp3) is 0.143. The Kier molecular flexibility index (Phi) is 4.54. The van der Waals surface area contributed by atoms with Gasteiger partial charge in [-0.15, -0.1) is 0 Å². The molecule has 0 fully saturated rings. The molecule has 2 rings (SSSR count). The van der Waals surface area contributed by atoms with Crippen LogP contribution in [0.15, 0.2) is 47.4 Å². The van der Waals surface area contributed by atoms with Crippen molar-refractivity contribution in [2.75, 3.05) is 7.11 Å². The van der Waals surface area contributed by atoms with Crippen molar-refractivity contribution < 1.29 is 21.9 Å². The molecule has 2 aromatic carbocycles. The molecule has 0 spiro atoms. The van der Waals surface area contributed by atoms with E-state index in [4.69, 9.17) is 4.74 Å². The highest BCUT2D eigenvalue weighted by Gasteiger charge is 2.17. The summed E-state index contributed by atoms with van der Waals surface area (Å²) >= 11 is 0. The quantitative estimate of drug-likeness (QED) is 0.922. The summed E-state index contributed by atoms with van der Waals surface area (Å²) in [5.41, 5.74) is 0.612. The summed E-state index contributed by atoms with van der Waals surface area (Å²) in [6.45, 7) is -0.0511. The molecule has 0 aliphatic carbocycles. The van der Waals surface area contributed by atoms with Gasteiger partial charge >= 0.3 is 0 Å². The Hall–Kier alpha value is -1.99. The van der Waals surface area contributed by atoms with E-state index in [1.54, 1.807) is 24.3 Å². The summed E-state index contributed by atoms with van der Waals surface area (Å²) in [5, 5.41) is 0. The third-order valence-corrected chi connectivity index (χ3v) is 4.17. The van der Waals surface area contributed by atoms with Gasteiger partial charge in [0.15, 0.2) is 0 Å². The molecule has 0 aliphatic heterocycles. The number of halogens is 2. The van der Waals surface area contributed by atoms with E-state index in [9.17, 15) is 17.2 Å². The second-order valence-electron chi connectivity index (χ2n) is 4.24. The second kappa shape index (κ2) is 6.19. The number of para-hydroxylation sites is 1. The van der Waals surface area contributed by atoms with E-state index in [1.165, 1.54) is 7.11 Å². The average Bonchev–Trinajstić information content (AvgIpc) is 2.44. The van der Waals surface area contributed by atoms with Crippen LogP contribution >= 0.6 is 0 Å². The van der Waals surface area contributed by atoms with E-state index in [-0.39, 0.29) is 6.54 Å². The van der Waals surface area contributed by atoms with E-state index in [2.05, 4.69) is 4.72 Å². The Balaban J connectivity index is 2.22. The fourth-order valence-corrected chi connectivity index (χ4v) is 2.84. The highest BCUT2D eigenvalue weighted by atomic mass is 32.2. The predicted molar refractivity (Wildman–Crippen MR) is 73.4 cm³/mol. The first-order valence-corrected chi connectivity index (χ1v) is 7.48. The van der Waals surface area contributed by atoms with Crippen molar-refractivity contribution in [3.63, 3.8) is 0 Å². The Labute approximate surface area is 121 Å². The Morgan fingerprint density at radius 1 is 1.10 bits per heavy atom. The molecule has 0 saturated heterocycles. The summed E-state index contributed by atoms with van der Waals surface area (Å²) in [6.07, 6.45) is 0. The first-order chi connectivity index (χ1) is 9.92. The number of ether oxygens (including phenoxy) is 1. The monoisotopic (exact) mass is 313 g/mol. The lowest BCUT2D eigenvalue weighted by molar-refractivity contribution is 0.409. The molecule has 0 heterocycles. The molecule has 2 aromatic rings. The minimum Gasteiger partial charge on any atom is -0.496 e. The third kappa shape index (κ3) is 3.77. The van der Waals surface area contributed by atoms with Gasteiger partial charge in [-0.2, -0.15) is 0 Å². The van der Waals surface area contributed by atoms with Crippen LogP contribution in [-0.2, 0) is 16.6 Å². The van der Waals surface area contributed by atoms with Gasteiger partial charge in [-0.05, 0) is 18.2 Å². The van der Waals surface area contributed by atoms with Gasteiger partial charge in [-0.3, -0.25) is 0 Å². The normalized spacial score (nSPS) is 11.4. The smallest absolute Gasteiger partial charge is 0.241 e. The summed E-state index contributed by atoms with van der Waals surface area (Å²) < 4.78 is 57.6. The van der Waals surface area contributed by atoms with Gasteiger partial charge < -0.3 is 4.74 Å². The van der Waals surface area contributed by atoms with Gasteiger partial charge in [-0.1, -0.05) is 18.2 Å². The molecule has 0 atom stereocenters. The predicted octanol–water partition coefficient (Wildman–Crippen LogP) is 2.45. The molecule has 112 valence electrons. The maximum absolute atomic E-state index is 13.1. The van der Waals surface area contributed by atoms with Gasteiger partial charge in [0.2, 0.25) is 10.0 Å². The zero-order valence-electron chi connectivity index (χ0n) is 11.1. The summed E-state index contributed by atoms with van der Waals surface area (Å²) in [5.74, 6) is -1.38. The number of hydrogen-bond donors (Lipinski definition) is 1. The highest BCUT2D eigenvalue weighted by molar-refractivity contribution is 7.89. The van der Waals surface area contributed by atoms with Crippen LogP contribution in [0.25, 0.3) is 0 Å². The number of rotatable bonds is 5. The summed E-state index contributed by atoms with van der Waals surface area (Å²) in [4.78, 5) is -0.463. The van der Waals surface area contributed by atoms with Crippen LogP contribution in [-0.4, -0.2) is 15.5 Å². The molecule has 1 N–H and O–H groups in total. The highest BCUT2D eigenvalue weighted by Crippen LogP contribution is 2.18. The van der Waals surface area contributed by atoms with Crippen molar-refractivity contribution in [1.29, 1.82) is 0 Å². The Bertz CT molecular complexity index is 727. The van der Waals surface area contributed by atoms with Crippen LogP contribution < -0.4 is 9.46 Å². The molecule has 0 radical (unpaired) electrons. The van der Waals surface area contributed by atoms with Crippen LogP contribution in [0.1, 0.15) is 5.56 Å². The van der Waals surface area contributed by atoms with E-state index in [1.807, 2.05) is 0 Å². The third-order valence-electron chi connectivity index (χ3n) is 2.79. The van der Waals surface area contributed by atoms with Crippen molar-refractivity contribution in [1.82, 2.24) is 4.72 Å². The van der Waals surface area contributed by atoms with Gasteiger partial charge in [0, 0.05) is 18.2 Å². The first-order valence-electron chi connectivity index (χ1n) is 6.00. The number of hydrogen-bond acceptors (Lipinski definition) is 3.